The summed E-state index contributed by atoms with van der Waals surface area (Å²) in [7, 11) is 0. The van der Waals surface area contributed by atoms with Crippen molar-refractivity contribution >= 4 is 0 Å². The minimum Gasteiger partial charge on any atom is -0.468 e. The van der Waals surface area contributed by atoms with E-state index in [9.17, 15) is 0 Å². The summed E-state index contributed by atoms with van der Waals surface area (Å²) in [5.41, 5.74) is 0. The summed E-state index contributed by atoms with van der Waals surface area (Å²) in [5.74, 6) is 1.38. The van der Waals surface area contributed by atoms with Crippen molar-refractivity contribution in [3.8, 4) is 0 Å². The summed E-state index contributed by atoms with van der Waals surface area (Å²) in [6.45, 7) is 15.8. The van der Waals surface area contributed by atoms with Crippen LogP contribution >= 0.6 is 0 Å². The zero-order chi connectivity index (χ0) is 8.57. The molecule has 0 amide bonds. The van der Waals surface area contributed by atoms with Crippen LogP contribution in [-0.2, 0) is 4.74 Å². The summed E-state index contributed by atoms with van der Waals surface area (Å²) < 4.78 is 4.86. The van der Waals surface area contributed by atoms with Crippen LogP contribution in [0.25, 0.3) is 0 Å². The van der Waals surface area contributed by atoms with E-state index >= 15 is 0 Å². The lowest BCUT2D eigenvalue weighted by Crippen LogP contribution is -1.78. The van der Waals surface area contributed by atoms with Crippen molar-refractivity contribution in [2.45, 2.75) is 20.8 Å². The second-order valence-electron chi connectivity index (χ2n) is 1.91. The number of hydrogen-bond donors (Lipinski definition) is 0. The predicted octanol–water partition coefficient (Wildman–Crippen LogP) is 3.26. The van der Waals surface area contributed by atoms with Gasteiger partial charge in [-0.1, -0.05) is 19.2 Å². The van der Waals surface area contributed by atoms with E-state index in [1.54, 1.807) is 19.9 Å². The minimum absolute atomic E-state index is 0.688. The Morgan fingerprint density at radius 3 is 1.40 bits per heavy atom. The average molecular weight is 140 g/mol. The first-order valence-electron chi connectivity index (χ1n) is 3.10. The Kier molecular flexibility index (Phi) is 9.44. The molecule has 0 aromatic carbocycles. The highest BCUT2D eigenvalue weighted by Crippen LogP contribution is 1.97. The van der Waals surface area contributed by atoms with Gasteiger partial charge in [0.1, 0.15) is 0 Å². The van der Waals surface area contributed by atoms with E-state index in [0.717, 1.165) is 0 Å². The molecule has 10 heavy (non-hydrogen) atoms. The predicted molar refractivity (Wildman–Crippen MR) is 46.6 cm³/mol. The molecule has 0 unspecified atom stereocenters. The van der Waals surface area contributed by atoms with Crippen LogP contribution in [0, 0.1) is 0 Å². The molecule has 0 aromatic rings. The highest BCUT2D eigenvalue weighted by molar-refractivity contribution is 4.85. The molecule has 0 spiro atoms. The second kappa shape index (κ2) is 8.02. The number of allylic oxidation sites excluding steroid dienone is 3. The molecule has 1 nitrogen and oxygen atoms in total. The quantitative estimate of drug-likeness (QED) is 0.422. The van der Waals surface area contributed by atoms with Crippen molar-refractivity contribution in [2.24, 2.45) is 0 Å². The van der Waals surface area contributed by atoms with E-state index in [0.29, 0.717) is 11.5 Å². The Bertz CT molecular complexity index is 111. The zero-order valence-corrected chi connectivity index (χ0v) is 7.11. The zero-order valence-electron chi connectivity index (χ0n) is 7.11. The van der Waals surface area contributed by atoms with Crippen molar-refractivity contribution < 1.29 is 4.74 Å². The number of ether oxygens (including phenoxy) is 1. The third kappa shape index (κ3) is 27.9. The molecule has 1 heteroatoms. The van der Waals surface area contributed by atoms with Crippen LogP contribution in [0.5, 0.6) is 0 Å². The lowest BCUT2D eigenvalue weighted by molar-refractivity contribution is 0.313. The number of hydrogen-bond acceptors (Lipinski definition) is 1. The van der Waals surface area contributed by atoms with Gasteiger partial charge in [-0.15, -0.1) is 6.58 Å². The standard InChI is InChI=1S/C6H10O.C3H6/c1-5(2)7-6(3)4;1-3-2/h1,3H2,2,4H3;3H,1H2,2H3. The molecular formula is C9H16O. The van der Waals surface area contributed by atoms with Gasteiger partial charge in [-0.05, 0) is 20.8 Å². The van der Waals surface area contributed by atoms with Gasteiger partial charge in [0.15, 0.2) is 0 Å². The SMILES string of the molecule is C=C(C)OC(=C)C.C=CC. The van der Waals surface area contributed by atoms with E-state index < -0.39 is 0 Å². The molecule has 58 valence electrons. The lowest BCUT2D eigenvalue weighted by atomic mass is 10.6. The van der Waals surface area contributed by atoms with Crippen molar-refractivity contribution in [3.63, 3.8) is 0 Å². The summed E-state index contributed by atoms with van der Waals surface area (Å²) in [6.07, 6.45) is 1.75. The monoisotopic (exact) mass is 140 g/mol. The van der Waals surface area contributed by atoms with Gasteiger partial charge in [-0.3, -0.25) is 0 Å². The van der Waals surface area contributed by atoms with Gasteiger partial charge < -0.3 is 4.74 Å². The molecule has 0 bridgehead atoms. The van der Waals surface area contributed by atoms with E-state index in [4.69, 9.17) is 4.74 Å². The first kappa shape index (κ1) is 11.8. The molecule has 0 atom stereocenters. The van der Waals surface area contributed by atoms with Crippen LogP contribution in [0.2, 0.25) is 0 Å². The van der Waals surface area contributed by atoms with Crippen LogP contribution in [0.4, 0.5) is 0 Å². The molecule has 0 rings (SSSR count). The van der Waals surface area contributed by atoms with Gasteiger partial charge in [0.05, 0.1) is 11.5 Å². The van der Waals surface area contributed by atoms with Crippen molar-refractivity contribution in [1.82, 2.24) is 0 Å². The second-order valence-corrected chi connectivity index (χ2v) is 1.91. The molecule has 0 aliphatic rings. The van der Waals surface area contributed by atoms with Crippen LogP contribution in [-0.4, -0.2) is 0 Å². The Labute approximate surface area is 63.7 Å². The van der Waals surface area contributed by atoms with Gasteiger partial charge in [0.2, 0.25) is 0 Å². The smallest absolute Gasteiger partial charge is 0.0933 e. The summed E-state index contributed by atoms with van der Waals surface area (Å²) in [4.78, 5) is 0. The molecule has 0 heterocycles. The third-order valence-corrected chi connectivity index (χ3v) is 0.348. The summed E-state index contributed by atoms with van der Waals surface area (Å²) in [6, 6.07) is 0. The molecule has 0 saturated heterocycles. The maximum Gasteiger partial charge on any atom is 0.0933 e. The largest absolute Gasteiger partial charge is 0.468 e. The summed E-state index contributed by atoms with van der Waals surface area (Å²) >= 11 is 0. The average Bonchev–Trinajstić information content (AvgIpc) is 1.62. The third-order valence-electron chi connectivity index (χ3n) is 0.348. The van der Waals surface area contributed by atoms with Crippen molar-refractivity contribution in [3.05, 3.63) is 37.3 Å². The molecule has 0 saturated carbocycles. The topological polar surface area (TPSA) is 9.23 Å². The van der Waals surface area contributed by atoms with E-state index in [1.165, 1.54) is 0 Å². The van der Waals surface area contributed by atoms with Gasteiger partial charge >= 0.3 is 0 Å². The van der Waals surface area contributed by atoms with Crippen molar-refractivity contribution in [2.75, 3.05) is 0 Å². The van der Waals surface area contributed by atoms with Crippen LogP contribution in [0.1, 0.15) is 20.8 Å². The molecule has 0 N–H and O–H groups in total. The fourth-order valence-corrected chi connectivity index (χ4v) is 0.297. The molecule has 0 radical (unpaired) electrons. The molecule has 0 fully saturated rings. The Hall–Kier alpha value is -0.980. The van der Waals surface area contributed by atoms with Gasteiger partial charge in [0.25, 0.3) is 0 Å². The van der Waals surface area contributed by atoms with Gasteiger partial charge in [0, 0.05) is 0 Å². The fraction of sp³-hybridized carbons (Fsp3) is 0.333. The van der Waals surface area contributed by atoms with E-state index in [1.807, 2.05) is 6.92 Å². The molecule has 0 aliphatic heterocycles. The van der Waals surface area contributed by atoms with Crippen LogP contribution in [0.15, 0.2) is 37.3 Å². The van der Waals surface area contributed by atoms with Crippen LogP contribution in [0.3, 0.4) is 0 Å². The van der Waals surface area contributed by atoms with Crippen molar-refractivity contribution in [1.29, 1.82) is 0 Å². The maximum atomic E-state index is 4.86. The Morgan fingerprint density at radius 2 is 1.40 bits per heavy atom. The lowest BCUT2D eigenvalue weighted by Gasteiger charge is -1.99. The van der Waals surface area contributed by atoms with E-state index in [-0.39, 0.29) is 0 Å². The van der Waals surface area contributed by atoms with Gasteiger partial charge in [-0.2, -0.15) is 0 Å². The molecule has 0 aromatic heterocycles. The highest BCUT2D eigenvalue weighted by Gasteiger charge is 1.80. The minimum atomic E-state index is 0.688. The Balaban J connectivity index is 0. The molecular weight excluding hydrogens is 124 g/mol. The molecule has 0 aliphatic carbocycles. The van der Waals surface area contributed by atoms with Crippen LogP contribution < -0.4 is 0 Å². The van der Waals surface area contributed by atoms with Gasteiger partial charge in [-0.25, -0.2) is 0 Å². The normalized spacial score (nSPS) is 6.70. The first-order chi connectivity index (χ1) is 4.54. The maximum absolute atomic E-state index is 4.86. The van der Waals surface area contributed by atoms with E-state index in [2.05, 4.69) is 19.7 Å². The number of rotatable bonds is 2. The Morgan fingerprint density at radius 1 is 1.20 bits per heavy atom. The fourth-order valence-electron chi connectivity index (χ4n) is 0.297. The highest BCUT2D eigenvalue weighted by atomic mass is 16.5. The summed E-state index contributed by atoms with van der Waals surface area (Å²) in [5, 5.41) is 0. The first-order valence-corrected chi connectivity index (χ1v) is 3.10.